The number of benzene rings is 1. The highest BCUT2D eigenvalue weighted by Crippen LogP contribution is 2.19. The van der Waals surface area contributed by atoms with Crippen LogP contribution in [0.25, 0.3) is 0 Å². The van der Waals surface area contributed by atoms with E-state index in [0.717, 1.165) is 31.3 Å². The zero-order valence-corrected chi connectivity index (χ0v) is 11.1. The molecule has 3 rings (SSSR count). The quantitative estimate of drug-likeness (QED) is 0.840. The van der Waals surface area contributed by atoms with Crippen LogP contribution in [0.5, 0.6) is 5.75 Å². The van der Waals surface area contributed by atoms with Crippen molar-refractivity contribution < 1.29 is 4.74 Å². The van der Waals surface area contributed by atoms with Crippen molar-refractivity contribution in [2.45, 2.75) is 19.4 Å². The Morgan fingerprint density at radius 2 is 1.89 bits per heavy atom. The van der Waals surface area contributed by atoms with Gasteiger partial charge in [0, 0.05) is 13.1 Å². The number of anilines is 1. The summed E-state index contributed by atoms with van der Waals surface area (Å²) in [6.45, 7) is 2.92. The fraction of sp³-hybridized carbons (Fsp3) is 0.429. The average molecular weight is 258 g/mol. The van der Waals surface area contributed by atoms with E-state index in [0.29, 0.717) is 0 Å². The van der Waals surface area contributed by atoms with Crippen molar-refractivity contribution >= 4 is 5.95 Å². The molecule has 100 valence electrons. The summed E-state index contributed by atoms with van der Waals surface area (Å²) in [5, 5.41) is 4.33. The van der Waals surface area contributed by atoms with Crippen LogP contribution in [0.2, 0.25) is 0 Å². The van der Waals surface area contributed by atoms with Crippen molar-refractivity contribution in [2.75, 3.05) is 25.1 Å². The smallest absolute Gasteiger partial charge is 0.224 e. The molecule has 1 fully saturated rings. The number of ether oxygens (including phenoxy) is 1. The molecule has 0 bridgehead atoms. The molecule has 0 atom stereocenters. The Kier molecular flexibility index (Phi) is 3.35. The van der Waals surface area contributed by atoms with E-state index in [2.05, 4.69) is 27.1 Å². The van der Waals surface area contributed by atoms with E-state index in [1.54, 1.807) is 13.4 Å². The second-order valence-electron chi connectivity index (χ2n) is 4.76. The van der Waals surface area contributed by atoms with Gasteiger partial charge in [0.15, 0.2) is 0 Å². The van der Waals surface area contributed by atoms with Crippen molar-refractivity contribution in [1.29, 1.82) is 0 Å². The first kappa shape index (κ1) is 12.0. The van der Waals surface area contributed by atoms with Gasteiger partial charge in [-0.3, -0.25) is 0 Å². The molecule has 1 aromatic carbocycles. The minimum atomic E-state index is 0.746. The van der Waals surface area contributed by atoms with Crippen molar-refractivity contribution in [3.05, 3.63) is 36.2 Å². The third kappa shape index (κ3) is 2.54. The summed E-state index contributed by atoms with van der Waals surface area (Å²) >= 11 is 0. The lowest BCUT2D eigenvalue weighted by Crippen LogP contribution is -2.22. The summed E-state index contributed by atoms with van der Waals surface area (Å²) in [4.78, 5) is 6.68. The molecule has 0 amide bonds. The summed E-state index contributed by atoms with van der Waals surface area (Å²) in [7, 11) is 1.68. The maximum atomic E-state index is 5.17. The molecule has 0 saturated carbocycles. The van der Waals surface area contributed by atoms with Gasteiger partial charge in [-0.25, -0.2) is 4.68 Å². The highest BCUT2D eigenvalue weighted by atomic mass is 16.5. The summed E-state index contributed by atoms with van der Waals surface area (Å²) in [5.41, 5.74) is 1.20. The molecule has 2 heterocycles. The molecule has 5 heteroatoms. The molecule has 0 unspecified atom stereocenters. The molecular weight excluding hydrogens is 240 g/mol. The highest BCUT2D eigenvalue weighted by molar-refractivity contribution is 5.33. The van der Waals surface area contributed by atoms with Gasteiger partial charge in [0.05, 0.1) is 13.7 Å². The minimum absolute atomic E-state index is 0.746. The lowest BCUT2D eigenvalue weighted by atomic mass is 10.2. The molecule has 1 aromatic heterocycles. The number of nitrogens with zero attached hydrogens (tertiary/aromatic N) is 4. The van der Waals surface area contributed by atoms with Gasteiger partial charge < -0.3 is 9.64 Å². The van der Waals surface area contributed by atoms with Crippen LogP contribution in [0, 0.1) is 0 Å². The third-order valence-corrected chi connectivity index (χ3v) is 3.48. The topological polar surface area (TPSA) is 43.2 Å². The fourth-order valence-electron chi connectivity index (χ4n) is 2.44. The van der Waals surface area contributed by atoms with Crippen LogP contribution in [-0.2, 0) is 6.54 Å². The Morgan fingerprint density at radius 3 is 2.58 bits per heavy atom. The SMILES string of the molecule is COc1ccc(Cn2ncnc2N2CCCC2)cc1. The zero-order valence-electron chi connectivity index (χ0n) is 11.1. The van der Waals surface area contributed by atoms with Gasteiger partial charge in [-0.1, -0.05) is 12.1 Å². The molecule has 0 aliphatic carbocycles. The maximum Gasteiger partial charge on any atom is 0.224 e. The zero-order chi connectivity index (χ0) is 13.1. The average Bonchev–Trinajstić information content (AvgIpc) is 3.10. The molecular formula is C14H18N4O. The van der Waals surface area contributed by atoms with Crippen molar-refractivity contribution in [1.82, 2.24) is 14.8 Å². The first-order valence-corrected chi connectivity index (χ1v) is 6.62. The van der Waals surface area contributed by atoms with Crippen LogP contribution in [0.3, 0.4) is 0 Å². The molecule has 1 aliphatic rings. The predicted octanol–water partition coefficient (Wildman–Crippen LogP) is 1.94. The van der Waals surface area contributed by atoms with Gasteiger partial charge in [-0.05, 0) is 30.5 Å². The molecule has 1 aliphatic heterocycles. The van der Waals surface area contributed by atoms with E-state index >= 15 is 0 Å². The third-order valence-electron chi connectivity index (χ3n) is 3.48. The van der Waals surface area contributed by atoms with Gasteiger partial charge in [-0.2, -0.15) is 10.1 Å². The molecule has 2 aromatic rings. The van der Waals surface area contributed by atoms with Crippen LogP contribution in [-0.4, -0.2) is 35.0 Å². The van der Waals surface area contributed by atoms with Crippen LogP contribution in [0.4, 0.5) is 5.95 Å². The molecule has 0 radical (unpaired) electrons. The second-order valence-corrected chi connectivity index (χ2v) is 4.76. The molecule has 0 spiro atoms. The summed E-state index contributed by atoms with van der Waals surface area (Å²) in [6, 6.07) is 8.08. The van der Waals surface area contributed by atoms with E-state index in [-0.39, 0.29) is 0 Å². The monoisotopic (exact) mass is 258 g/mol. The second kappa shape index (κ2) is 5.30. The van der Waals surface area contributed by atoms with Crippen molar-refractivity contribution in [3.8, 4) is 5.75 Å². The Labute approximate surface area is 112 Å². The number of hydrogen-bond acceptors (Lipinski definition) is 4. The van der Waals surface area contributed by atoms with Crippen molar-refractivity contribution in [2.24, 2.45) is 0 Å². The van der Waals surface area contributed by atoms with Gasteiger partial charge >= 0.3 is 0 Å². The molecule has 1 saturated heterocycles. The van der Waals surface area contributed by atoms with Crippen LogP contribution >= 0.6 is 0 Å². The van der Waals surface area contributed by atoms with E-state index in [9.17, 15) is 0 Å². The lowest BCUT2D eigenvalue weighted by Gasteiger charge is -2.16. The van der Waals surface area contributed by atoms with Crippen LogP contribution in [0.1, 0.15) is 18.4 Å². The summed E-state index contributed by atoms with van der Waals surface area (Å²) < 4.78 is 7.13. The molecule has 0 N–H and O–H groups in total. The Balaban J connectivity index is 1.77. The highest BCUT2D eigenvalue weighted by Gasteiger charge is 2.17. The minimum Gasteiger partial charge on any atom is -0.497 e. The van der Waals surface area contributed by atoms with E-state index < -0.39 is 0 Å². The Bertz CT molecular complexity index is 529. The van der Waals surface area contributed by atoms with E-state index in [4.69, 9.17) is 4.74 Å². The summed E-state index contributed by atoms with van der Waals surface area (Å²) in [6.07, 6.45) is 4.13. The van der Waals surface area contributed by atoms with Crippen LogP contribution < -0.4 is 9.64 Å². The van der Waals surface area contributed by atoms with Gasteiger partial charge in [0.1, 0.15) is 12.1 Å². The largest absolute Gasteiger partial charge is 0.497 e. The normalized spacial score (nSPS) is 14.9. The number of hydrogen-bond donors (Lipinski definition) is 0. The fourth-order valence-corrected chi connectivity index (χ4v) is 2.44. The molecule has 19 heavy (non-hydrogen) atoms. The van der Waals surface area contributed by atoms with Gasteiger partial charge in [0.2, 0.25) is 5.95 Å². The van der Waals surface area contributed by atoms with Gasteiger partial charge in [0.25, 0.3) is 0 Å². The van der Waals surface area contributed by atoms with E-state index in [1.165, 1.54) is 18.4 Å². The first-order chi connectivity index (χ1) is 9.36. The lowest BCUT2D eigenvalue weighted by molar-refractivity contribution is 0.414. The standard InChI is InChI=1S/C14H18N4O/c1-19-13-6-4-12(5-7-13)10-18-14(15-11-16-18)17-8-2-3-9-17/h4-7,11H,2-3,8-10H2,1H3. The number of aromatic nitrogens is 3. The Hall–Kier alpha value is -2.04. The number of rotatable bonds is 4. The predicted molar refractivity (Wildman–Crippen MR) is 73.6 cm³/mol. The number of methoxy groups -OCH3 is 1. The maximum absolute atomic E-state index is 5.17. The first-order valence-electron chi connectivity index (χ1n) is 6.62. The Morgan fingerprint density at radius 1 is 1.16 bits per heavy atom. The van der Waals surface area contributed by atoms with Crippen molar-refractivity contribution in [3.63, 3.8) is 0 Å². The molecule has 5 nitrogen and oxygen atoms in total. The summed E-state index contributed by atoms with van der Waals surface area (Å²) in [5.74, 6) is 1.86. The van der Waals surface area contributed by atoms with Crippen LogP contribution in [0.15, 0.2) is 30.6 Å². The van der Waals surface area contributed by atoms with Gasteiger partial charge in [-0.15, -0.1) is 0 Å². The van der Waals surface area contributed by atoms with E-state index in [1.807, 2.05) is 16.8 Å².